The maximum Gasteiger partial charge on any atom is 0.0726 e. The third-order valence-electron chi connectivity index (χ3n) is 2.16. The van der Waals surface area contributed by atoms with Gasteiger partial charge in [0.15, 0.2) is 0 Å². The highest BCUT2D eigenvalue weighted by molar-refractivity contribution is 5.41. The highest BCUT2D eigenvalue weighted by Crippen LogP contribution is 2.24. The fraction of sp³-hybridized carbons (Fsp3) is 0.364. The Morgan fingerprint density at radius 3 is 3.00 bits per heavy atom. The molecule has 1 unspecified atom stereocenters. The lowest BCUT2D eigenvalue weighted by Crippen LogP contribution is -2.09. The van der Waals surface area contributed by atoms with Crippen LogP contribution in [0.25, 0.3) is 0 Å². The van der Waals surface area contributed by atoms with Crippen molar-refractivity contribution in [2.45, 2.75) is 25.4 Å². The molecule has 0 spiro atoms. The van der Waals surface area contributed by atoms with Crippen LogP contribution in [0.1, 0.15) is 19.3 Å². The first-order chi connectivity index (χ1) is 6.27. The summed E-state index contributed by atoms with van der Waals surface area (Å²) >= 11 is 0. The van der Waals surface area contributed by atoms with Crippen molar-refractivity contribution in [3.63, 3.8) is 0 Å². The van der Waals surface area contributed by atoms with Crippen LogP contribution in [-0.4, -0.2) is 17.9 Å². The Labute approximate surface area is 79.0 Å². The minimum Gasteiger partial charge on any atom is -0.389 e. The number of allylic oxidation sites excluding steroid dienone is 3. The van der Waals surface area contributed by atoms with Gasteiger partial charge in [0.2, 0.25) is 0 Å². The van der Waals surface area contributed by atoms with E-state index >= 15 is 0 Å². The summed E-state index contributed by atoms with van der Waals surface area (Å²) in [6.07, 6.45) is 7.87. The molecular formula is C11H15NO. The number of aliphatic hydroxyl groups is 1. The lowest BCUT2D eigenvalue weighted by atomic mass is 9.92. The monoisotopic (exact) mass is 177 g/mol. The maximum atomic E-state index is 9.41. The standard InChI is InChI=1S/C11H15NO/c1-3-9(8-12-2)10-5-4-6-11(13)7-10/h3,7-8,11,13H,1-2,4-6H2/b9-8+. The molecular weight excluding hydrogens is 162 g/mol. The smallest absolute Gasteiger partial charge is 0.0726 e. The van der Waals surface area contributed by atoms with Crippen molar-refractivity contribution in [1.82, 2.24) is 0 Å². The van der Waals surface area contributed by atoms with Crippen LogP contribution in [0.4, 0.5) is 0 Å². The van der Waals surface area contributed by atoms with Gasteiger partial charge in [0.05, 0.1) is 6.10 Å². The first-order valence-electron chi connectivity index (χ1n) is 4.45. The molecule has 0 radical (unpaired) electrons. The molecule has 0 saturated heterocycles. The van der Waals surface area contributed by atoms with E-state index in [2.05, 4.69) is 18.3 Å². The number of nitrogens with zero attached hydrogens (tertiary/aromatic N) is 1. The summed E-state index contributed by atoms with van der Waals surface area (Å²) in [5, 5.41) is 9.41. The highest BCUT2D eigenvalue weighted by Gasteiger charge is 2.12. The minimum atomic E-state index is -0.308. The van der Waals surface area contributed by atoms with E-state index in [0.717, 1.165) is 30.4 Å². The quantitative estimate of drug-likeness (QED) is 0.520. The molecule has 70 valence electrons. The Morgan fingerprint density at radius 1 is 1.69 bits per heavy atom. The minimum absolute atomic E-state index is 0.308. The van der Waals surface area contributed by atoms with Crippen LogP contribution in [0.2, 0.25) is 0 Å². The molecule has 2 heteroatoms. The summed E-state index contributed by atoms with van der Waals surface area (Å²) < 4.78 is 0. The van der Waals surface area contributed by atoms with Gasteiger partial charge in [0.25, 0.3) is 0 Å². The number of hydrogen-bond donors (Lipinski definition) is 1. The van der Waals surface area contributed by atoms with Crippen LogP contribution in [0, 0.1) is 0 Å². The van der Waals surface area contributed by atoms with E-state index in [-0.39, 0.29) is 6.10 Å². The summed E-state index contributed by atoms with van der Waals surface area (Å²) in [4.78, 5) is 3.70. The largest absolute Gasteiger partial charge is 0.389 e. The van der Waals surface area contributed by atoms with Gasteiger partial charge in [-0.3, -0.25) is 4.99 Å². The van der Waals surface area contributed by atoms with Crippen LogP contribution in [0.15, 0.2) is 41.1 Å². The molecule has 0 aromatic heterocycles. The zero-order valence-electron chi connectivity index (χ0n) is 7.74. The van der Waals surface area contributed by atoms with Gasteiger partial charge in [0, 0.05) is 6.20 Å². The Bertz CT molecular complexity index is 263. The maximum absolute atomic E-state index is 9.41. The van der Waals surface area contributed by atoms with E-state index in [0.29, 0.717) is 0 Å². The molecule has 0 bridgehead atoms. The summed E-state index contributed by atoms with van der Waals surface area (Å²) in [6.45, 7) is 7.10. The normalized spacial score (nSPS) is 23.6. The van der Waals surface area contributed by atoms with E-state index in [4.69, 9.17) is 0 Å². The van der Waals surface area contributed by atoms with Crippen molar-refractivity contribution in [1.29, 1.82) is 0 Å². The molecule has 1 atom stereocenters. The van der Waals surface area contributed by atoms with E-state index in [1.54, 1.807) is 12.3 Å². The lowest BCUT2D eigenvalue weighted by molar-refractivity contribution is 0.203. The summed E-state index contributed by atoms with van der Waals surface area (Å²) in [5.74, 6) is 0. The topological polar surface area (TPSA) is 32.6 Å². The van der Waals surface area contributed by atoms with E-state index < -0.39 is 0 Å². The van der Waals surface area contributed by atoms with Crippen molar-refractivity contribution in [3.8, 4) is 0 Å². The number of rotatable bonds is 3. The predicted molar refractivity (Wildman–Crippen MR) is 55.8 cm³/mol. The first-order valence-corrected chi connectivity index (χ1v) is 4.45. The zero-order chi connectivity index (χ0) is 9.68. The number of aliphatic hydroxyl groups excluding tert-OH is 1. The van der Waals surface area contributed by atoms with Gasteiger partial charge in [-0.05, 0) is 37.1 Å². The molecule has 0 heterocycles. The van der Waals surface area contributed by atoms with Crippen molar-refractivity contribution >= 4 is 6.72 Å². The highest BCUT2D eigenvalue weighted by atomic mass is 16.3. The second-order valence-corrected chi connectivity index (χ2v) is 3.12. The Morgan fingerprint density at radius 2 is 2.46 bits per heavy atom. The van der Waals surface area contributed by atoms with Gasteiger partial charge in [-0.15, -0.1) is 0 Å². The van der Waals surface area contributed by atoms with Crippen LogP contribution in [0.3, 0.4) is 0 Å². The molecule has 0 aromatic rings. The molecule has 1 N–H and O–H groups in total. The average Bonchev–Trinajstić information content (AvgIpc) is 2.14. The first kappa shape index (κ1) is 9.93. The van der Waals surface area contributed by atoms with E-state index in [1.165, 1.54) is 0 Å². The van der Waals surface area contributed by atoms with E-state index in [1.807, 2.05) is 6.08 Å². The van der Waals surface area contributed by atoms with Crippen LogP contribution in [0.5, 0.6) is 0 Å². The second kappa shape index (κ2) is 4.77. The summed E-state index contributed by atoms with van der Waals surface area (Å²) in [7, 11) is 0. The average molecular weight is 177 g/mol. The lowest BCUT2D eigenvalue weighted by Gasteiger charge is -2.17. The van der Waals surface area contributed by atoms with Gasteiger partial charge < -0.3 is 5.11 Å². The Hall–Kier alpha value is -1.15. The van der Waals surface area contributed by atoms with Crippen LogP contribution >= 0.6 is 0 Å². The van der Waals surface area contributed by atoms with Crippen LogP contribution < -0.4 is 0 Å². The predicted octanol–water partition coefficient (Wildman–Crippen LogP) is 2.23. The van der Waals surface area contributed by atoms with Crippen molar-refractivity contribution < 1.29 is 5.11 Å². The zero-order valence-corrected chi connectivity index (χ0v) is 7.74. The summed E-state index contributed by atoms with van der Waals surface area (Å²) in [6, 6.07) is 0. The molecule has 0 fully saturated rings. The Balaban J connectivity index is 2.84. The fourth-order valence-electron chi connectivity index (χ4n) is 1.51. The third kappa shape index (κ3) is 2.67. The van der Waals surface area contributed by atoms with E-state index in [9.17, 15) is 5.11 Å². The van der Waals surface area contributed by atoms with Crippen molar-refractivity contribution in [2.75, 3.05) is 0 Å². The summed E-state index contributed by atoms with van der Waals surface area (Å²) in [5.41, 5.74) is 2.09. The van der Waals surface area contributed by atoms with Crippen molar-refractivity contribution in [3.05, 3.63) is 36.1 Å². The molecule has 1 rings (SSSR count). The molecule has 0 aromatic carbocycles. The second-order valence-electron chi connectivity index (χ2n) is 3.12. The molecule has 2 nitrogen and oxygen atoms in total. The molecule has 0 saturated carbocycles. The molecule has 13 heavy (non-hydrogen) atoms. The Kier molecular flexibility index (Phi) is 3.65. The number of aliphatic imine (C=N–C) groups is 1. The fourth-order valence-corrected chi connectivity index (χ4v) is 1.51. The molecule has 0 aliphatic heterocycles. The molecule has 1 aliphatic rings. The van der Waals surface area contributed by atoms with Gasteiger partial charge in [-0.1, -0.05) is 18.7 Å². The molecule has 0 amide bonds. The van der Waals surface area contributed by atoms with Gasteiger partial charge >= 0.3 is 0 Å². The molecule has 1 aliphatic carbocycles. The van der Waals surface area contributed by atoms with Crippen molar-refractivity contribution in [2.24, 2.45) is 4.99 Å². The SMILES string of the molecule is C=C/C(=C\N=C)C1=CC(O)CCC1. The number of hydrogen-bond acceptors (Lipinski definition) is 2. The third-order valence-corrected chi connectivity index (χ3v) is 2.16. The van der Waals surface area contributed by atoms with Gasteiger partial charge in [-0.2, -0.15) is 0 Å². The van der Waals surface area contributed by atoms with Crippen LogP contribution in [-0.2, 0) is 0 Å². The van der Waals surface area contributed by atoms with Gasteiger partial charge in [-0.25, -0.2) is 0 Å². The van der Waals surface area contributed by atoms with Gasteiger partial charge in [0.1, 0.15) is 0 Å².